The first-order chi connectivity index (χ1) is 12.0. The van der Waals surface area contributed by atoms with Crippen molar-refractivity contribution >= 4 is 11.8 Å². The number of piperidine rings is 1. The highest BCUT2D eigenvalue weighted by Gasteiger charge is 2.39. The Hall–Kier alpha value is -1.88. The number of carbonyl (C=O) groups excluding carboxylic acids is 2. The van der Waals surface area contributed by atoms with Crippen LogP contribution in [0.3, 0.4) is 0 Å². The molecule has 2 saturated heterocycles. The molecular weight excluding hydrogens is 316 g/mol. The van der Waals surface area contributed by atoms with E-state index in [1.807, 2.05) is 36.1 Å². The molecule has 5 heteroatoms. The largest absolute Gasteiger partial charge is 0.396 e. The number of aryl methyl sites for hydroxylation is 1. The summed E-state index contributed by atoms with van der Waals surface area (Å²) in [6.07, 6.45) is 2.19. The van der Waals surface area contributed by atoms with Crippen LogP contribution in [0.1, 0.15) is 37.3 Å². The van der Waals surface area contributed by atoms with Gasteiger partial charge in [-0.25, -0.2) is 0 Å². The molecule has 3 atom stereocenters. The Morgan fingerprint density at radius 2 is 1.92 bits per heavy atom. The van der Waals surface area contributed by atoms with Crippen LogP contribution < -0.4 is 0 Å². The van der Waals surface area contributed by atoms with Crippen molar-refractivity contribution in [2.75, 3.05) is 19.7 Å². The zero-order valence-corrected chi connectivity index (χ0v) is 15.1. The van der Waals surface area contributed by atoms with Gasteiger partial charge in [0.1, 0.15) is 0 Å². The molecule has 0 saturated carbocycles. The molecule has 25 heavy (non-hydrogen) atoms. The van der Waals surface area contributed by atoms with Gasteiger partial charge in [0.25, 0.3) is 0 Å². The van der Waals surface area contributed by atoms with Crippen LogP contribution in [0.2, 0.25) is 0 Å². The summed E-state index contributed by atoms with van der Waals surface area (Å²) < 4.78 is 0. The molecule has 2 amide bonds. The van der Waals surface area contributed by atoms with Gasteiger partial charge >= 0.3 is 0 Å². The van der Waals surface area contributed by atoms with Crippen LogP contribution in [0.4, 0.5) is 0 Å². The van der Waals surface area contributed by atoms with Crippen LogP contribution in [0.15, 0.2) is 24.3 Å². The predicted octanol–water partition coefficient (Wildman–Crippen LogP) is 1.96. The van der Waals surface area contributed by atoms with E-state index in [1.165, 1.54) is 5.56 Å². The van der Waals surface area contributed by atoms with Crippen molar-refractivity contribution in [3.8, 4) is 0 Å². The molecule has 3 rings (SSSR count). The van der Waals surface area contributed by atoms with Gasteiger partial charge in [-0.3, -0.25) is 9.59 Å². The number of amides is 2. The van der Waals surface area contributed by atoms with Crippen LogP contribution >= 0.6 is 0 Å². The quantitative estimate of drug-likeness (QED) is 0.908. The molecule has 0 aliphatic carbocycles. The van der Waals surface area contributed by atoms with Crippen LogP contribution in [0, 0.1) is 18.8 Å². The summed E-state index contributed by atoms with van der Waals surface area (Å²) in [5, 5.41) is 9.41. The first-order valence-corrected chi connectivity index (χ1v) is 9.22. The summed E-state index contributed by atoms with van der Waals surface area (Å²) in [6.45, 7) is 5.90. The van der Waals surface area contributed by atoms with Crippen LogP contribution in [-0.4, -0.2) is 52.5 Å². The number of benzene rings is 1. The van der Waals surface area contributed by atoms with Crippen LogP contribution in [0.5, 0.6) is 0 Å². The van der Waals surface area contributed by atoms with E-state index < -0.39 is 0 Å². The predicted molar refractivity (Wildman–Crippen MR) is 95.7 cm³/mol. The highest BCUT2D eigenvalue weighted by Crippen LogP contribution is 2.27. The lowest BCUT2D eigenvalue weighted by Gasteiger charge is -2.38. The molecule has 1 aromatic carbocycles. The van der Waals surface area contributed by atoms with Gasteiger partial charge in [0, 0.05) is 38.7 Å². The SMILES string of the molecule is Cc1ccc(CN2CC(C(=O)N3CC(CO)CCC3C)CC2=O)cc1. The van der Waals surface area contributed by atoms with E-state index in [-0.39, 0.29) is 36.3 Å². The van der Waals surface area contributed by atoms with E-state index in [4.69, 9.17) is 0 Å². The molecular formula is C20H28N2O3. The lowest BCUT2D eigenvalue weighted by atomic mass is 9.92. The minimum atomic E-state index is -0.252. The monoisotopic (exact) mass is 344 g/mol. The molecule has 0 radical (unpaired) electrons. The summed E-state index contributed by atoms with van der Waals surface area (Å²) in [4.78, 5) is 29.0. The second-order valence-electron chi connectivity index (χ2n) is 7.63. The van der Waals surface area contributed by atoms with Crippen LogP contribution in [-0.2, 0) is 16.1 Å². The summed E-state index contributed by atoms with van der Waals surface area (Å²) in [7, 11) is 0. The molecule has 2 aliphatic rings. The summed E-state index contributed by atoms with van der Waals surface area (Å²) in [5.74, 6) is 0.0476. The topological polar surface area (TPSA) is 60.9 Å². The summed E-state index contributed by atoms with van der Waals surface area (Å²) in [6, 6.07) is 8.36. The number of aliphatic hydroxyl groups excluding tert-OH is 1. The molecule has 5 nitrogen and oxygen atoms in total. The average Bonchev–Trinajstić information content (AvgIpc) is 2.97. The zero-order chi connectivity index (χ0) is 18.0. The number of hydrogen-bond donors (Lipinski definition) is 1. The normalized spacial score (nSPS) is 27.0. The van der Waals surface area contributed by atoms with Gasteiger partial charge in [-0.1, -0.05) is 29.8 Å². The number of hydrogen-bond acceptors (Lipinski definition) is 3. The Kier molecular flexibility index (Phi) is 5.42. The van der Waals surface area contributed by atoms with Gasteiger partial charge in [-0.05, 0) is 38.2 Å². The minimum Gasteiger partial charge on any atom is -0.396 e. The molecule has 1 aromatic rings. The number of nitrogens with zero attached hydrogens (tertiary/aromatic N) is 2. The van der Waals surface area contributed by atoms with Gasteiger partial charge in [-0.2, -0.15) is 0 Å². The van der Waals surface area contributed by atoms with Gasteiger partial charge < -0.3 is 14.9 Å². The van der Waals surface area contributed by atoms with Crippen molar-refractivity contribution in [1.82, 2.24) is 9.80 Å². The Balaban J connectivity index is 1.63. The van der Waals surface area contributed by atoms with E-state index >= 15 is 0 Å². The third-order valence-corrected chi connectivity index (χ3v) is 5.58. The van der Waals surface area contributed by atoms with E-state index in [2.05, 4.69) is 6.92 Å². The second-order valence-corrected chi connectivity index (χ2v) is 7.63. The summed E-state index contributed by atoms with van der Waals surface area (Å²) >= 11 is 0. The van der Waals surface area contributed by atoms with E-state index in [9.17, 15) is 14.7 Å². The number of aliphatic hydroxyl groups is 1. The standard InChI is InChI=1S/C20H28N2O3/c1-14-3-6-16(7-4-14)10-21-12-18(9-19(21)24)20(25)22-11-17(13-23)8-5-15(22)2/h3-4,6-7,15,17-18,23H,5,8-13H2,1-2H3. The Bertz CT molecular complexity index is 628. The molecule has 3 unspecified atom stereocenters. The fraction of sp³-hybridized carbons (Fsp3) is 0.600. The second kappa shape index (κ2) is 7.56. The Morgan fingerprint density at radius 3 is 2.60 bits per heavy atom. The molecule has 0 aromatic heterocycles. The van der Waals surface area contributed by atoms with E-state index in [0.717, 1.165) is 18.4 Å². The molecule has 1 N–H and O–H groups in total. The van der Waals surface area contributed by atoms with Crippen molar-refractivity contribution in [1.29, 1.82) is 0 Å². The average molecular weight is 344 g/mol. The van der Waals surface area contributed by atoms with E-state index in [0.29, 0.717) is 26.1 Å². The van der Waals surface area contributed by atoms with E-state index in [1.54, 1.807) is 4.90 Å². The molecule has 136 valence electrons. The maximum absolute atomic E-state index is 12.9. The maximum Gasteiger partial charge on any atom is 0.228 e. The smallest absolute Gasteiger partial charge is 0.228 e. The molecule has 0 spiro atoms. The van der Waals surface area contributed by atoms with Gasteiger partial charge in [-0.15, -0.1) is 0 Å². The fourth-order valence-corrected chi connectivity index (χ4v) is 3.88. The highest BCUT2D eigenvalue weighted by molar-refractivity contribution is 5.89. The molecule has 0 bridgehead atoms. The first-order valence-electron chi connectivity index (χ1n) is 9.22. The Labute approximate surface area is 149 Å². The lowest BCUT2D eigenvalue weighted by Crippen LogP contribution is -2.49. The van der Waals surface area contributed by atoms with Crippen molar-refractivity contribution in [2.45, 2.75) is 45.7 Å². The van der Waals surface area contributed by atoms with Gasteiger partial charge in [0.05, 0.1) is 5.92 Å². The van der Waals surface area contributed by atoms with Crippen LogP contribution in [0.25, 0.3) is 0 Å². The van der Waals surface area contributed by atoms with Gasteiger partial charge in [0.2, 0.25) is 11.8 Å². The maximum atomic E-state index is 12.9. The van der Waals surface area contributed by atoms with Crippen molar-refractivity contribution in [3.05, 3.63) is 35.4 Å². The number of rotatable bonds is 4. The summed E-state index contributed by atoms with van der Waals surface area (Å²) in [5.41, 5.74) is 2.29. The van der Waals surface area contributed by atoms with Crippen molar-refractivity contribution in [3.63, 3.8) is 0 Å². The number of likely N-dealkylation sites (tertiary alicyclic amines) is 2. The van der Waals surface area contributed by atoms with Crippen molar-refractivity contribution < 1.29 is 14.7 Å². The third kappa shape index (κ3) is 4.03. The van der Waals surface area contributed by atoms with Gasteiger partial charge in [0.15, 0.2) is 0 Å². The molecule has 2 aliphatic heterocycles. The minimum absolute atomic E-state index is 0.0577. The Morgan fingerprint density at radius 1 is 1.20 bits per heavy atom. The first kappa shape index (κ1) is 17.9. The number of carbonyl (C=O) groups is 2. The molecule has 2 heterocycles. The van der Waals surface area contributed by atoms with Crippen molar-refractivity contribution in [2.24, 2.45) is 11.8 Å². The third-order valence-electron chi connectivity index (χ3n) is 5.58. The highest BCUT2D eigenvalue weighted by atomic mass is 16.3. The zero-order valence-electron chi connectivity index (χ0n) is 15.1. The molecule has 2 fully saturated rings. The lowest BCUT2D eigenvalue weighted by molar-refractivity contribution is -0.140. The fourth-order valence-electron chi connectivity index (χ4n) is 3.88.